The van der Waals surface area contributed by atoms with Crippen LogP contribution in [0.1, 0.15) is 68.6 Å². The van der Waals surface area contributed by atoms with Gasteiger partial charge in [-0.2, -0.15) is 0 Å². The standard InChI is InChI=1S/C18H26O2/c1-2-3-4-5-6-7-8-9-13-16-20-18(19)17-14-11-10-12-15-17/h10-16H,2-9H2,1H3/b16-13+. The van der Waals surface area contributed by atoms with E-state index in [1.165, 1.54) is 51.2 Å². The lowest BCUT2D eigenvalue weighted by Gasteiger charge is -2.00. The smallest absolute Gasteiger partial charge is 0.342 e. The van der Waals surface area contributed by atoms with Crippen LogP contribution in [0.2, 0.25) is 0 Å². The van der Waals surface area contributed by atoms with E-state index in [4.69, 9.17) is 4.74 Å². The first kappa shape index (κ1) is 16.5. The van der Waals surface area contributed by atoms with Crippen molar-refractivity contribution in [2.24, 2.45) is 0 Å². The molecule has 0 saturated carbocycles. The Kier molecular flexibility index (Phi) is 9.29. The highest BCUT2D eigenvalue weighted by Crippen LogP contribution is 2.08. The Hall–Kier alpha value is -1.57. The van der Waals surface area contributed by atoms with Gasteiger partial charge in [0.05, 0.1) is 11.8 Å². The fourth-order valence-corrected chi connectivity index (χ4v) is 2.04. The molecule has 2 heteroatoms. The minimum Gasteiger partial charge on any atom is -0.431 e. The molecule has 1 aromatic rings. The van der Waals surface area contributed by atoms with Crippen molar-refractivity contribution in [3.05, 3.63) is 48.2 Å². The molecule has 0 unspecified atom stereocenters. The molecule has 110 valence electrons. The molecule has 0 spiro atoms. The van der Waals surface area contributed by atoms with E-state index in [1.54, 1.807) is 12.1 Å². The third kappa shape index (κ3) is 7.78. The summed E-state index contributed by atoms with van der Waals surface area (Å²) in [4.78, 5) is 11.6. The highest BCUT2D eigenvalue weighted by Gasteiger charge is 2.02. The number of unbranched alkanes of at least 4 members (excludes halogenated alkanes) is 7. The summed E-state index contributed by atoms with van der Waals surface area (Å²) in [6.07, 6.45) is 13.6. The van der Waals surface area contributed by atoms with E-state index in [-0.39, 0.29) is 5.97 Å². The molecule has 0 aliphatic rings. The monoisotopic (exact) mass is 274 g/mol. The predicted molar refractivity (Wildman–Crippen MR) is 83.6 cm³/mol. The normalized spacial score (nSPS) is 10.8. The van der Waals surface area contributed by atoms with Crippen LogP contribution in [0.5, 0.6) is 0 Å². The first-order valence-electron chi connectivity index (χ1n) is 7.75. The Balaban J connectivity index is 2.01. The third-order valence-corrected chi connectivity index (χ3v) is 3.26. The van der Waals surface area contributed by atoms with Crippen LogP contribution in [0, 0.1) is 0 Å². The van der Waals surface area contributed by atoms with E-state index in [2.05, 4.69) is 6.92 Å². The van der Waals surface area contributed by atoms with Gasteiger partial charge in [-0.25, -0.2) is 4.79 Å². The number of hydrogen-bond donors (Lipinski definition) is 0. The lowest BCUT2D eigenvalue weighted by atomic mass is 10.1. The van der Waals surface area contributed by atoms with Gasteiger partial charge in [0.15, 0.2) is 0 Å². The molecular formula is C18H26O2. The van der Waals surface area contributed by atoms with E-state index < -0.39 is 0 Å². The summed E-state index contributed by atoms with van der Waals surface area (Å²) in [7, 11) is 0. The van der Waals surface area contributed by atoms with Gasteiger partial charge in [0.1, 0.15) is 0 Å². The fourth-order valence-electron chi connectivity index (χ4n) is 2.04. The number of carbonyl (C=O) groups excluding carboxylic acids is 1. The van der Waals surface area contributed by atoms with E-state index >= 15 is 0 Å². The number of ether oxygens (including phenoxy) is 1. The van der Waals surface area contributed by atoms with Gasteiger partial charge in [-0.1, -0.05) is 63.6 Å². The van der Waals surface area contributed by atoms with Crippen LogP contribution in [0.3, 0.4) is 0 Å². The van der Waals surface area contributed by atoms with E-state index in [0.717, 1.165) is 6.42 Å². The molecule has 0 N–H and O–H groups in total. The Morgan fingerprint density at radius 3 is 2.35 bits per heavy atom. The SMILES string of the molecule is CCCCCCCCC/C=C/OC(=O)c1ccccc1. The van der Waals surface area contributed by atoms with Crippen molar-refractivity contribution < 1.29 is 9.53 Å². The van der Waals surface area contributed by atoms with Crippen LogP contribution >= 0.6 is 0 Å². The molecule has 0 bridgehead atoms. The van der Waals surface area contributed by atoms with Crippen molar-refractivity contribution in [2.75, 3.05) is 0 Å². The molecular weight excluding hydrogens is 248 g/mol. The number of rotatable bonds is 10. The summed E-state index contributed by atoms with van der Waals surface area (Å²) in [5.41, 5.74) is 0.591. The number of esters is 1. The van der Waals surface area contributed by atoms with Crippen LogP contribution in [-0.4, -0.2) is 5.97 Å². The van der Waals surface area contributed by atoms with Crippen LogP contribution < -0.4 is 0 Å². The average Bonchev–Trinajstić information content (AvgIpc) is 2.50. The maximum absolute atomic E-state index is 11.6. The van der Waals surface area contributed by atoms with Gasteiger partial charge >= 0.3 is 5.97 Å². The summed E-state index contributed by atoms with van der Waals surface area (Å²) in [5.74, 6) is -0.290. The van der Waals surface area contributed by atoms with Crippen molar-refractivity contribution in [3.63, 3.8) is 0 Å². The highest BCUT2D eigenvalue weighted by atomic mass is 16.5. The van der Waals surface area contributed by atoms with Gasteiger partial charge in [0.2, 0.25) is 0 Å². The molecule has 0 aromatic heterocycles. The second-order valence-electron chi connectivity index (χ2n) is 5.05. The van der Waals surface area contributed by atoms with Gasteiger partial charge in [-0.05, 0) is 31.1 Å². The largest absolute Gasteiger partial charge is 0.431 e. The molecule has 0 atom stereocenters. The third-order valence-electron chi connectivity index (χ3n) is 3.26. The molecule has 0 radical (unpaired) electrons. The van der Waals surface area contributed by atoms with Crippen molar-refractivity contribution in [2.45, 2.75) is 58.3 Å². The maximum Gasteiger partial charge on any atom is 0.342 e. The average molecular weight is 274 g/mol. The maximum atomic E-state index is 11.6. The molecule has 0 fully saturated rings. The van der Waals surface area contributed by atoms with Crippen molar-refractivity contribution in [1.82, 2.24) is 0 Å². The topological polar surface area (TPSA) is 26.3 Å². The van der Waals surface area contributed by atoms with Crippen LogP contribution in [0.25, 0.3) is 0 Å². The zero-order chi connectivity index (χ0) is 14.5. The number of benzene rings is 1. The summed E-state index contributed by atoms with van der Waals surface area (Å²) < 4.78 is 5.07. The molecule has 0 amide bonds. The van der Waals surface area contributed by atoms with Crippen LogP contribution in [0.4, 0.5) is 0 Å². The molecule has 20 heavy (non-hydrogen) atoms. The fraction of sp³-hybridized carbons (Fsp3) is 0.500. The van der Waals surface area contributed by atoms with Crippen LogP contribution in [-0.2, 0) is 4.74 Å². The van der Waals surface area contributed by atoms with Crippen LogP contribution in [0.15, 0.2) is 42.7 Å². The lowest BCUT2D eigenvalue weighted by molar-refractivity contribution is 0.0662. The minimum atomic E-state index is -0.290. The van der Waals surface area contributed by atoms with Gasteiger partial charge in [-0.15, -0.1) is 0 Å². The zero-order valence-electron chi connectivity index (χ0n) is 12.5. The van der Waals surface area contributed by atoms with Crippen molar-refractivity contribution in [3.8, 4) is 0 Å². The molecule has 0 heterocycles. The van der Waals surface area contributed by atoms with Gasteiger partial charge in [0.25, 0.3) is 0 Å². The summed E-state index contributed by atoms with van der Waals surface area (Å²) in [6.45, 7) is 2.24. The Bertz CT molecular complexity index is 382. The second-order valence-corrected chi connectivity index (χ2v) is 5.05. The summed E-state index contributed by atoms with van der Waals surface area (Å²) in [6, 6.07) is 9.06. The molecule has 2 nitrogen and oxygen atoms in total. The first-order valence-corrected chi connectivity index (χ1v) is 7.75. The Labute approximate surface area is 122 Å². The summed E-state index contributed by atoms with van der Waals surface area (Å²) in [5, 5.41) is 0. The van der Waals surface area contributed by atoms with Crippen molar-refractivity contribution >= 4 is 5.97 Å². The van der Waals surface area contributed by atoms with E-state index in [9.17, 15) is 4.79 Å². The molecule has 1 rings (SSSR count). The van der Waals surface area contributed by atoms with Gasteiger partial charge < -0.3 is 4.74 Å². The number of carbonyl (C=O) groups is 1. The predicted octanol–water partition coefficient (Wildman–Crippen LogP) is 5.50. The van der Waals surface area contributed by atoms with E-state index in [1.807, 2.05) is 24.3 Å². The second kappa shape index (κ2) is 11.3. The number of allylic oxidation sites excluding steroid dienone is 1. The van der Waals surface area contributed by atoms with Gasteiger partial charge in [-0.3, -0.25) is 0 Å². The summed E-state index contributed by atoms with van der Waals surface area (Å²) >= 11 is 0. The highest BCUT2D eigenvalue weighted by molar-refractivity contribution is 5.89. The molecule has 0 aliphatic heterocycles. The van der Waals surface area contributed by atoms with Gasteiger partial charge in [0, 0.05) is 0 Å². The molecule has 0 aliphatic carbocycles. The molecule has 1 aromatic carbocycles. The Morgan fingerprint density at radius 1 is 1.00 bits per heavy atom. The quantitative estimate of drug-likeness (QED) is 0.320. The number of hydrogen-bond acceptors (Lipinski definition) is 2. The molecule has 0 saturated heterocycles. The zero-order valence-corrected chi connectivity index (χ0v) is 12.5. The van der Waals surface area contributed by atoms with Crippen molar-refractivity contribution in [1.29, 1.82) is 0 Å². The lowest BCUT2D eigenvalue weighted by Crippen LogP contribution is -1.99. The Morgan fingerprint density at radius 2 is 1.65 bits per heavy atom. The first-order chi connectivity index (χ1) is 9.84. The minimum absolute atomic E-state index is 0.290. The van der Waals surface area contributed by atoms with E-state index in [0.29, 0.717) is 5.56 Å².